The second kappa shape index (κ2) is 8.89. The summed E-state index contributed by atoms with van der Waals surface area (Å²) in [7, 11) is 0. The monoisotopic (exact) mass is 324 g/mol. The van der Waals surface area contributed by atoms with E-state index >= 15 is 0 Å². The number of aromatic nitrogens is 2. The van der Waals surface area contributed by atoms with Crippen molar-refractivity contribution in [2.75, 3.05) is 13.2 Å². The molecule has 0 aliphatic heterocycles. The Morgan fingerprint density at radius 3 is 1.50 bits per heavy atom. The maximum absolute atomic E-state index is 10.4. The quantitative estimate of drug-likeness (QED) is 0.658. The van der Waals surface area contributed by atoms with Crippen molar-refractivity contribution in [3.05, 3.63) is 22.8 Å². The summed E-state index contributed by atoms with van der Waals surface area (Å²) >= 11 is 0. The van der Waals surface area contributed by atoms with Gasteiger partial charge in [-0.25, -0.2) is 19.6 Å². The molecular weight excluding hydrogens is 316 g/mol. The number of rotatable bonds is 2. The normalized spacial score (nSPS) is 8.25. The van der Waals surface area contributed by atoms with Gasteiger partial charge in [-0.2, -0.15) is 10.5 Å². The van der Waals surface area contributed by atoms with Crippen molar-refractivity contribution >= 4 is 12.2 Å². The molecule has 2 amide bonds. The molecule has 24 heavy (non-hydrogen) atoms. The second-order valence-electron chi connectivity index (χ2n) is 3.66. The maximum atomic E-state index is 10.4. The summed E-state index contributed by atoms with van der Waals surface area (Å²) in [5.41, 5.74) is 9.04. The van der Waals surface area contributed by atoms with Gasteiger partial charge in [0.25, 0.3) is 0 Å². The zero-order valence-electron chi connectivity index (χ0n) is 12.0. The third kappa shape index (κ3) is 5.61. The van der Waals surface area contributed by atoms with Crippen molar-refractivity contribution in [3.8, 4) is 35.8 Å². The molecule has 1 heterocycles. The number of amides is 2. The number of carbonyl (C=O) groups excluding carboxylic acids is 2. The minimum Gasteiger partial charge on any atom is -0.437 e. The minimum atomic E-state index is -1.00. The Balaban J connectivity index is 3.18. The topological polar surface area (TPSA) is 178 Å². The average molecular weight is 324 g/mol. The summed E-state index contributed by atoms with van der Waals surface area (Å²) in [5.74, 6) is 9.84. The first kappa shape index (κ1) is 17.8. The molecule has 1 rings (SSSR count). The SMILES string of the molecule is N#Cc1nc(C#CCOC(N)=O)c(C#CCOC(N)=O)nc1C#N. The molecule has 4 N–H and O–H groups in total. The van der Waals surface area contributed by atoms with Crippen LogP contribution in [0.15, 0.2) is 0 Å². The van der Waals surface area contributed by atoms with Gasteiger partial charge in [-0.1, -0.05) is 11.8 Å². The van der Waals surface area contributed by atoms with E-state index in [1.807, 2.05) is 0 Å². The highest BCUT2D eigenvalue weighted by Gasteiger charge is 2.10. The minimum absolute atomic E-state index is 0.0230. The number of hydrogen-bond donors (Lipinski definition) is 2. The van der Waals surface area contributed by atoms with Gasteiger partial charge >= 0.3 is 12.2 Å². The van der Waals surface area contributed by atoms with Crippen LogP contribution in [0, 0.1) is 46.3 Å². The number of primary amides is 2. The summed E-state index contributed by atoms with van der Waals surface area (Å²) in [6.45, 7) is -0.618. The molecule has 0 radical (unpaired) electrons. The van der Waals surface area contributed by atoms with Gasteiger partial charge < -0.3 is 20.9 Å². The second-order valence-corrected chi connectivity index (χ2v) is 3.66. The predicted molar refractivity (Wildman–Crippen MR) is 76.3 cm³/mol. The van der Waals surface area contributed by atoms with Crippen molar-refractivity contribution in [3.63, 3.8) is 0 Å². The predicted octanol–water partition coefficient (Wildman–Crippen LogP) is -0.886. The molecule has 0 unspecified atom stereocenters. The van der Waals surface area contributed by atoms with E-state index in [1.165, 1.54) is 0 Å². The highest BCUT2D eigenvalue weighted by atomic mass is 16.5. The van der Waals surface area contributed by atoms with Crippen LogP contribution in [0.1, 0.15) is 22.8 Å². The lowest BCUT2D eigenvalue weighted by Gasteiger charge is -1.99. The average Bonchev–Trinajstić information content (AvgIpc) is 2.55. The Bertz CT molecular complexity index is 800. The molecule has 0 fully saturated rings. The van der Waals surface area contributed by atoms with Gasteiger partial charge in [0.2, 0.25) is 0 Å². The van der Waals surface area contributed by atoms with Crippen molar-refractivity contribution < 1.29 is 19.1 Å². The van der Waals surface area contributed by atoms with Gasteiger partial charge in [0, 0.05) is 0 Å². The van der Waals surface area contributed by atoms with Gasteiger partial charge in [-0.15, -0.1) is 0 Å². The zero-order chi connectivity index (χ0) is 17.9. The molecule has 10 nitrogen and oxygen atoms in total. The summed E-state index contributed by atoms with van der Waals surface area (Å²) in [5, 5.41) is 17.9. The number of ether oxygens (including phenoxy) is 2. The Morgan fingerprint density at radius 2 is 1.21 bits per heavy atom. The van der Waals surface area contributed by atoms with Gasteiger partial charge in [-0.05, 0) is 11.8 Å². The largest absolute Gasteiger partial charge is 0.437 e. The van der Waals surface area contributed by atoms with Crippen LogP contribution in [0.3, 0.4) is 0 Å². The molecule has 0 aliphatic carbocycles. The van der Waals surface area contributed by atoms with Crippen LogP contribution in [0.5, 0.6) is 0 Å². The van der Waals surface area contributed by atoms with E-state index < -0.39 is 12.2 Å². The Kier molecular flexibility index (Phi) is 6.58. The van der Waals surface area contributed by atoms with E-state index in [-0.39, 0.29) is 36.0 Å². The molecular formula is C14H8N6O4. The molecule has 0 aliphatic rings. The molecule has 0 saturated heterocycles. The van der Waals surface area contributed by atoms with E-state index in [2.05, 4.69) is 43.1 Å². The Labute approximate surface area is 136 Å². The van der Waals surface area contributed by atoms with Crippen LogP contribution < -0.4 is 11.5 Å². The van der Waals surface area contributed by atoms with E-state index in [9.17, 15) is 9.59 Å². The third-order valence-corrected chi connectivity index (χ3v) is 2.09. The van der Waals surface area contributed by atoms with Crippen LogP contribution in [0.2, 0.25) is 0 Å². The Morgan fingerprint density at radius 1 is 0.833 bits per heavy atom. The number of carbonyl (C=O) groups is 2. The fourth-order valence-corrected chi connectivity index (χ4v) is 1.22. The molecule has 0 saturated carbocycles. The molecule has 0 bridgehead atoms. The lowest BCUT2D eigenvalue weighted by Crippen LogP contribution is -2.13. The fraction of sp³-hybridized carbons (Fsp3) is 0.143. The van der Waals surface area contributed by atoms with Crippen LogP contribution in [-0.2, 0) is 9.47 Å². The van der Waals surface area contributed by atoms with E-state index in [0.717, 1.165) is 0 Å². The summed E-state index contributed by atoms with van der Waals surface area (Å²) < 4.78 is 8.84. The first-order valence-electron chi connectivity index (χ1n) is 6.02. The van der Waals surface area contributed by atoms with Gasteiger partial charge in [0.1, 0.15) is 23.5 Å². The molecule has 118 valence electrons. The molecule has 1 aromatic heterocycles. The van der Waals surface area contributed by atoms with Crippen molar-refractivity contribution in [2.24, 2.45) is 11.5 Å². The molecule has 10 heteroatoms. The standard InChI is InChI=1S/C14H8N6O4/c15-7-11-12(8-16)20-10(4-2-6-24-14(18)22)9(19-11)3-1-5-23-13(17)21/h5-6H2,(H2,17,21)(H2,18,22). The van der Waals surface area contributed by atoms with Crippen LogP contribution in [0.25, 0.3) is 0 Å². The van der Waals surface area contributed by atoms with E-state index in [4.69, 9.17) is 22.0 Å². The molecule has 1 aromatic rings. The zero-order valence-corrected chi connectivity index (χ0v) is 12.0. The summed E-state index contributed by atoms with van der Waals surface area (Å²) in [6, 6.07) is 3.40. The number of hydrogen-bond acceptors (Lipinski definition) is 8. The van der Waals surface area contributed by atoms with Crippen LogP contribution in [-0.4, -0.2) is 35.4 Å². The third-order valence-electron chi connectivity index (χ3n) is 2.09. The number of nitrogens with two attached hydrogens (primary N) is 2. The van der Waals surface area contributed by atoms with Crippen molar-refractivity contribution in [1.29, 1.82) is 10.5 Å². The van der Waals surface area contributed by atoms with Gasteiger partial charge in [-0.3, -0.25) is 0 Å². The lowest BCUT2D eigenvalue weighted by molar-refractivity contribution is 0.170. The first-order valence-corrected chi connectivity index (χ1v) is 6.02. The smallest absolute Gasteiger partial charge is 0.405 e. The van der Waals surface area contributed by atoms with Crippen LogP contribution in [0.4, 0.5) is 9.59 Å². The van der Waals surface area contributed by atoms with Gasteiger partial charge in [0.15, 0.2) is 24.6 Å². The van der Waals surface area contributed by atoms with Crippen molar-refractivity contribution in [1.82, 2.24) is 9.97 Å². The summed E-state index contributed by atoms with van der Waals surface area (Å²) in [6.07, 6.45) is -2.01. The Hall–Kier alpha value is -4.28. The molecule has 0 spiro atoms. The molecule has 0 atom stereocenters. The fourth-order valence-electron chi connectivity index (χ4n) is 1.22. The van der Waals surface area contributed by atoms with E-state index in [0.29, 0.717) is 0 Å². The van der Waals surface area contributed by atoms with Crippen LogP contribution >= 0.6 is 0 Å². The lowest BCUT2D eigenvalue weighted by atomic mass is 10.2. The maximum Gasteiger partial charge on any atom is 0.405 e. The van der Waals surface area contributed by atoms with Gasteiger partial charge in [0.05, 0.1) is 0 Å². The highest BCUT2D eigenvalue weighted by Crippen LogP contribution is 2.06. The number of nitriles is 2. The first-order chi connectivity index (χ1) is 11.5. The molecule has 0 aromatic carbocycles. The number of nitrogens with zero attached hydrogens (tertiary/aromatic N) is 4. The van der Waals surface area contributed by atoms with E-state index in [1.54, 1.807) is 12.1 Å². The highest BCUT2D eigenvalue weighted by molar-refractivity contribution is 5.65. The summed E-state index contributed by atoms with van der Waals surface area (Å²) in [4.78, 5) is 28.6. The van der Waals surface area contributed by atoms with Crippen molar-refractivity contribution in [2.45, 2.75) is 0 Å².